The highest BCUT2D eigenvalue weighted by molar-refractivity contribution is 6.30. The topological polar surface area (TPSA) is 55.8 Å². The van der Waals surface area contributed by atoms with Crippen LogP contribution in [0.2, 0.25) is 5.02 Å². The third-order valence-electron chi connectivity index (χ3n) is 2.87. The van der Waals surface area contributed by atoms with Gasteiger partial charge in [-0.25, -0.2) is 0 Å². The third-order valence-corrected chi connectivity index (χ3v) is 3.10. The molecule has 0 heterocycles. The Morgan fingerprint density at radius 1 is 1.30 bits per heavy atom. The number of methoxy groups -OCH3 is 2. The quantitative estimate of drug-likeness (QED) is 0.753. The number of halogens is 1. The van der Waals surface area contributed by atoms with Crippen molar-refractivity contribution in [1.82, 2.24) is 4.90 Å². The van der Waals surface area contributed by atoms with Gasteiger partial charge in [-0.3, -0.25) is 9.59 Å². The Morgan fingerprint density at radius 3 is 2.55 bits per heavy atom. The summed E-state index contributed by atoms with van der Waals surface area (Å²) in [5, 5.41) is 0.532. The van der Waals surface area contributed by atoms with Gasteiger partial charge in [0.15, 0.2) is 0 Å². The second-order valence-electron chi connectivity index (χ2n) is 4.12. The number of likely N-dealkylation sites (N-methyl/N-ethyl adjacent to an activating group) is 1. The molecule has 0 bridgehead atoms. The highest BCUT2D eigenvalue weighted by Crippen LogP contribution is 2.23. The maximum Gasteiger partial charge on any atom is 0.325 e. The lowest BCUT2D eigenvalue weighted by Crippen LogP contribution is -2.37. The molecule has 0 aliphatic heterocycles. The molecule has 0 aromatic heterocycles. The fraction of sp³-hybridized carbons (Fsp3) is 0.429. The highest BCUT2D eigenvalue weighted by Gasteiger charge is 2.18. The Hall–Kier alpha value is -1.75. The number of amides is 1. The first kappa shape index (κ1) is 16.3. The summed E-state index contributed by atoms with van der Waals surface area (Å²) in [5.74, 6) is -0.0337. The summed E-state index contributed by atoms with van der Waals surface area (Å²) in [6.07, 6.45) is 0.120. The van der Waals surface area contributed by atoms with E-state index in [9.17, 15) is 9.59 Å². The van der Waals surface area contributed by atoms with E-state index in [0.29, 0.717) is 22.9 Å². The molecule has 1 aromatic rings. The van der Waals surface area contributed by atoms with Crippen LogP contribution in [0.1, 0.15) is 12.5 Å². The first-order valence-corrected chi connectivity index (χ1v) is 6.56. The van der Waals surface area contributed by atoms with Gasteiger partial charge in [0.2, 0.25) is 5.91 Å². The van der Waals surface area contributed by atoms with Gasteiger partial charge in [-0.2, -0.15) is 0 Å². The summed E-state index contributed by atoms with van der Waals surface area (Å²) < 4.78 is 9.76. The van der Waals surface area contributed by atoms with Crippen LogP contribution in [-0.2, 0) is 20.7 Å². The molecule has 0 fully saturated rings. The van der Waals surface area contributed by atoms with E-state index in [-0.39, 0.29) is 18.9 Å². The molecule has 0 unspecified atom stereocenters. The first-order chi connectivity index (χ1) is 9.51. The van der Waals surface area contributed by atoms with Gasteiger partial charge in [0.1, 0.15) is 12.3 Å². The molecule has 0 saturated heterocycles. The van der Waals surface area contributed by atoms with Gasteiger partial charge in [-0.15, -0.1) is 0 Å². The summed E-state index contributed by atoms with van der Waals surface area (Å²) in [5.41, 5.74) is 0.688. The van der Waals surface area contributed by atoms with Crippen LogP contribution in [0.3, 0.4) is 0 Å². The van der Waals surface area contributed by atoms with Gasteiger partial charge in [0.05, 0.1) is 20.6 Å². The number of hydrogen-bond donors (Lipinski definition) is 0. The summed E-state index contributed by atoms with van der Waals surface area (Å²) in [6.45, 7) is 2.17. The van der Waals surface area contributed by atoms with Gasteiger partial charge >= 0.3 is 5.97 Å². The molecule has 0 radical (unpaired) electrons. The fourth-order valence-electron chi connectivity index (χ4n) is 1.76. The van der Waals surface area contributed by atoms with Gasteiger partial charge in [0.25, 0.3) is 0 Å². The molecule has 0 N–H and O–H groups in total. The number of carbonyl (C=O) groups is 2. The SMILES string of the molecule is CCN(CC(=O)OC)C(=O)Cc1cc(Cl)ccc1OC. The zero-order chi connectivity index (χ0) is 15.1. The van der Waals surface area contributed by atoms with Crippen molar-refractivity contribution in [2.24, 2.45) is 0 Å². The molecule has 6 heteroatoms. The summed E-state index contributed by atoms with van der Waals surface area (Å²) in [7, 11) is 2.82. The summed E-state index contributed by atoms with van der Waals surface area (Å²) >= 11 is 5.92. The molecular formula is C14H18ClNO4. The predicted octanol–water partition coefficient (Wildman–Crippen LogP) is 1.91. The number of benzene rings is 1. The average Bonchev–Trinajstić information content (AvgIpc) is 2.44. The van der Waals surface area contributed by atoms with Crippen LogP contribution in [0.15, 0.2) is 18.2 Å². The Morgan fingerprint density at radius 2 is 2.00 bits per heavy atom. The highest BCUT2D eigenvalue weighted by atomic mass is 35.5. The summed E-state index contributed by atoms with van der Waals surface area (Å²) in [6, 6.07) is 5.09. The van der Waals surface area contributed by atoms with E-state index in [4.69, 9.17) is 16.3 Å². The van der Waals surface area contributed by atoms with Gasteiger partial charge in [-0.1, -0.05) is 11.6 Å². The molecule has 0 atom stereocenters. The molecule has 0 aliphatic rings. The first-order valence-electron chi connectivity index (χ1n) is 6.18. The lowest BCUT2D eigenvalue weighted by atomic mass is 10.1. The Kier molecular flexibility index (Phi) is 6.31. The Bertz CT molecular complexity index is 490. The van der Waals surface area contributed by atoms with Crippen LogP contribution >= 0.6 is 11.6 Å². The van der Waals surface area contributed by atoms with Crippen molar-refractivity contribution in [2.45, 2.75) is 13.3 Å². The predicted molar refractivity (Wildman–Crippen MR) is 76.0 cm³/mol. The molecule has 0 spiro atoms. The van der Waals surface area contributed by atoms with Gasteiger partial charge < -0.3 is 14.4 Å². The van der Waals surface area contributed by atoms with Crippen molar-refractivity contribution in [3.63, 3.8) is 0 Å². The largest absolute Gasteiger partial charge is 0.496 e. The van der Waals surface area contributed by atoms with E-state index in [0.717, 1.165) is 0 Å². The number of esters is 1. The van der Waals surface area contributed by atoms with E-state index >= 15 is 0 Å². The normalized spacial score (nSPS) is 10.0. The molecular weight excluding hydrogens is 282 g/mol. The van der Waals surface area contributed by atoms with E-state index in [1.165, 1.54) is 19.1 Å². The molecule has 110 valence electrons. The van der Waals surface area contributed by atoms with Crippen LogP contribution in [0.25, 0.3) is 0 Å². The van der Waals surface area contributed by atoms with Crippen LogP contribution in [-0.4, -0.2) is 44.1 Å². The second-order valence-corrected chi connectivity index (χ2v) is 4.55. The second kappa shape index (κ2) is 7.75. The molecule has 0 saturated carbocycles. The minimum Gasteiger partial charge on any atom is -0.496 e. The molecule has 1 amide bonds. The molecule has 5 nitrogen and oxygen atoms in total. The Balaban J connectivity index is 2.83. The average molecular weight is 300 g/mol. The maximum absolute atomic E-state index is 12.2. The molecule has 20 heavy (non-hydrogen) atoms. The number of nitrogens with zero attached hydrogens (tertiary/aromatic N) is 1. The van der Waals surface area contributed by atoms with Crippen molar-refractivity contribution in [3.8, 4) is 5.75 Å². The smallest absolute Gasteiger partial charge is 0.325 e. The minimum atomic E-state index is -0.446. The zero-order valence-electron chi connectivity index (χ0n) is 11.8. The lowest BCUT2D eigenvalue weighted by Gasteiger charge is -2.20. The molecule has 1 rings (SSSR count). The van der Waals surface area contributed by atoms with Gasteiger partial charge in [0, 0.05) is 17.1 Å². The minimum absolute atomic E-state index is 0.0608. The number of hydrogen-bond acceptors (Lipinski definition) is 4. The molecule has 1 aromatic carbocycles. The van der Waals surface area contributed by atoms with Crippen LogP contribution in [0.5, 0.6) is 5.75 Å². The van der Waals surface area contributed by atoms with Crippen molar-refractivity contribution in [1.29, 1.82) is 0 Å². The maximum atomic E-state index is 12.2. The number of carbonyl (C=O) groups excluding carboxylic acids is 2. The molecule has 0 aliphatic carbocycles. The van der Waals surface area contributed by atoms with Crippen molar-refractivity contribution >= 4 is 23.5 Å². The monoisotopic (exact) mass is 299 g/mol. The van der Waals surface area contributed by atoms with E-state index in [2.05, 4.69) is 4.74 Å². The standard InChI is InChI=1S/C14H18ClNO4/c1-4-16(9-14(18)20-3)13(17)8-10-7-11(15)5-6-12(10)19-2/h5-7H,4,8-9H2,1-3H3. The lowest BCUT2D eigenvalue weighted by molar-refractivity contribution is -0.146. The van der Waals surface area contributed by atoms with Crippen molar-refractivity contribution < 1.29 is 19.1 Å². The van der Waals surface area contributed by atoms with E-state index in [1.54, 1.807) is 25.1 Å². The van der Waals surface area contributed by atoms with Gasteiger partial charge in [-0.05, 0) is 25.1 Å². The van der Waals surface area contributed by atoms with Crippen LogP contribution in [0.4, 0.5) is 0 Å². The third kappa shape index (κ3) is 4.42. The summed E-state index contributed by atoms with van der Waals surface area (Å²) in [4.78, 5) is 24.9. The van der Waals surface area contributed by atoms with Crippen molar-refractivity contribution in [2.75, 3.05) is 27.3 Å². The number of rotatable bonds is 6. The van der Waals surface area contributed by atoms with Crippen LogP contribution < -0.4 is 4.74 Å². The Labute approximate surface area is 123 Å². The van der Waals surface area contributed by atoms with E-state index < -0.39 is 5.97 Å². The fourth-order valence-corrected chi connectivity index (χ4v) is 1.95. The number of ether oxygens (including phenoxy) is 2. The zero-order valence-corrected chi connectivity index (χ0v) is 12.6. The van der Waals surface area contributed by atoms with Crippen LogP contribution in [0, 0.1) is 0 Å². The van der Waals surface area contributed by atoms with Crippen molar-refractivity contribution in [3.05, 3.63) is 28.8 Å². The van der Waals surface area contributed by atoms with E-state index in [1.807, 2.05) is 0 Å².